The number of aromatic nitrogens is 2. The Balaban J connectivity index is 1.64. The lowest BCUT2D eigenvalue weighted by Gasteiger charge is -2.07. The van der Waals surface area contributed by atoms with Crippen LogP contribution in [0.2, 0.25) is 0 Å². The Bertz CT molecular complexity index is 1170. The first-order chi connectivity index (χ1) is 13.1. The summed E-state index contributed by atoms with van der Waals surface area (Å²) in [7, 11) is 0. The van der Waals surface area contributed by atoms with Crippen LogP contribution in [0.25, 0.3) is 21.8 Å². The number of amides is 1. The van der Waals surface area contributed by atoms with Crippen LogP contribution in [0, 0.1) is 10.1 Å². The van der Waals surface area contributed by atoms with Crippen molar-refractivity contribution in [2.75, 3.05) is 5.32 Å². The molecule has 1 amide bonds. The number of nitro groups is 1. The molecule has 2 aromatic carbocycles. The molecule has 0 aliphatic carbocycles. The number of fused-ring (bicyclic) bond motifs is 2. The Kier molecular flexibility index (Phi) is 4.12. The van der Waals surface area contributed by atoms with Crippen molar-refractivity contribution in [3.8, 4) is 0 Å². The molecule has 0 aliphatic heterocycles. The van der Waals surface area contributed by atoms with Gasteiger partial charge in [-0.15, -0.1) is 0 Å². The van der Waals surface area contributed by atoms with Crippen molar-refractivity contribution in [3.63, 3.8) is 0 Å². The third kappa shape index (κ3) is 3.03. The molecule has 0 saturated carbocycles. The summed E-state index contributed by atoms with van der Waals surface area (Å²) in [6.07, 6.45) is 4.66. The maximum Gasteiger partial charge on any atom is 0.270 e. The first-order valence-electron chi connectivity index (χ1n) is 8.72. The third-order valence-corrected chi connectivity index (χ3v) is 4.61. The molecule has 2 heterocycles. The predicted octanol–water partition coefficient (Wildman–Crippen LogP) is 4.69. The van der Waals surface area contributed by atoms with Gasteiger partial charge < -0.3 is 14.9 Å². The molecule has 0 atom stereocenters. The second kappa shape index (κ2) is 6.60. The van der Waals surface area contributed by atoms with Crippen LogP contribution in [-0.4, -0.2) is 20.4 Å². The summed E-state index contributed by atoms with van der Waals surface area (Å²) in [4.78, 5) is 26.2. The molecular formula is C20H18N4O3. The number of H-pyrrole nitrogens is 1. The van der Waals surface area contributed by atoms with E-state index in [-0.39, 0.29) is 11.6 Å². The second-order valence-electron chi connectivity index (χ2n) is 6.43. The molecule has 0 unspecified atom stereocenters. The number of anilines is 1. The average molecular weight is 362 g/mol. The molecule has 27 heavy (non-hydrogen) atoms. The van der Waals surface area contributed by atoms with Crippen LogP contribution >= 0.6 is 0 Å². The number of carbonyl (C=O) groups is 1. The lowest BCUT2D eigenvalue weighted by Crippen LogP contribution is -2.11. The van der Waals surface area contributed by atoms with Gasteiger partial charge in [0.2, 0.25) is 0 Å². The highest BCUT2D eigenvalue weighted by atomic mass is 16.6. The van der Waals surface area contributed by atoms with Crippen molar-refractivity contribution in [2.45, 2.75) is 19.9 Å². The number of nitro benzene ring substituents is 1. The number of nitrogens with one attached hydrogen (secondary N) is 2. The maximum atomic E-state index is 12.7. The van der Waals surface area contributed by atoms with E-state index in [1.165, 1.54) is 12.1 Å². The maximum absolute atomic E-state index is 12.7. The Morgan fingerprint density at radius 3 is 2.85 bits per heavy atom. The van der Waals surface area contributed by atoms with Crippen molar-refractivity contribution in [1.29, 1.82) is 0 Å². The molecule has 2 aromatic heterocycles. The molecule has 136 valence electrons. The molecule has 4 aromatic rings. The van der Waals surface area contributed by atoms with Crippen LogP contribution in [0.4, 0.5) is 11.4 Å². The molecule has 0 bridgehead atoms. The Morgan fingerprint density at radius 2 is 2.07 bits per heavy atom. The van der Waals surface area contributed by atoms with Gasteiger partial charge in [-0.1, -0.05) is 6.92 Å². The number of nitrogens with zero attached hydrogens (tertiary/aromatic N) is 2. The van der Waals surface area contributed by atoms with Crippen LogP contribution < -0.4 is 5.32 Å². The summed E-state index contributed by atoms with van der Waals surface area (Å²) in [6, 6.07) is 12.2. The van der Waals surface area contributed by atoms with E-state index in [0.29, 0.717) is 22.2 Å². The summed E-state index contributed by atoms with van der Waals surface area (Å²) in [6.45, 7) is 3.08. The minimum Gasteiger partial charge on any atom is -0.360 e. The van der Waals surface area contributed by atoms with Crippen molar-refractivity contribution >= 4 is 39.1 Å². The molecule has 0 spiro atoms. The van der Waals surface area contributed by atoms with Gasteiger partial charge in [-0.2, -0.15) is 0 Å². The van der Waals surface area contributed by atoms with Crippen molar-refractivity contribution < 1.29 is 9.72 Å². The van der Waals surface area contributed by atoms with Crippen molar-refractivity contribution in [2.24, 2.45) is 0 Å². The van der Waals surface area contributed by atoms with Crippen LogP contribution in [0.1, 0.15) is 23.7 Å². The first-order valence-corrected chi connectivity index (χ1v) is 8.72. The van der Waals surface area contributed by atoms with Gasteiger partial charge in [0.1, 0.15) is 0 Å². The zero-order valence-electron chi connectivity index (χ0n) is 14.7. The largest absolute Gasteiger partial charge is 0.360 e. The molecule has 7 heteroatoms. The number of hydrogen-bond acceptors (Lipinski definition) is 3. The van der Waals surface area contributed by atoms with Gasteiger partial charge in [-0.3, -0.25) is 14.9 Å². The summed E-state index contributed by atoms with van der Waals surface area (Å²) >= 11 is 0. The van der Waals surface area contributed by atoms with Gasteiger partial charge in [0.15, 0.2) is 0 Å². The fourth-order valence-corrected chi connectivity index (χ4v) is 3.32. The number of benzene rings is 2. The van der Waals surface area contributed by atoms with Crippen LogP contribution in [0.5, 0.6) is 0 Å². The van der Waals surface area contributed by atoms with Crippen LogP contribution in [-0.2, 0) is 6.54 Å². The SMILES string of the molecule is CCCn1ccc2cc(NC(=O)c3c[nH]c4ccc([N+](=O)[O-])cc34)ccc21. The third-order valence-electron chi connectivity index (χ3n) is 4.61. The number of aryl methyl sites for hydroxylation is 1. The number of carbonyl (C=O) groups excluding carboxylic acids is 1. The molecule has 4 rings (SSSR count). The van der Waals surface area contributed by atoms with E-state index in [0.717, 1.165) is 23.9 Å². The lowest BCUT2D eigenvalue weighted by atomic mass is 10.1. The lowest BCUT2D eigenvalue weighted by molar-refractivity contribution is -0.384. The van der Waals surface area contributed by atoms with Gasteiger partial charge in [-0.05, 0) is 36.8 Å². The number of non-ortho nitro benzene ring substituents is 1. The normalized spacial score (nSPS) is 11.1. The number of aromatic amines is 1. The monoisotopic (exact) mass is 362 g/mol. The summed E-state index contributed by atoms with van der Waals surface area (Å²) < 4.78 is 2.18. The van der Waals surface area contributed by atoms with Crippen LogP contribution in [0.15, 0.2) is 54.9 Å². The van der Waals surface area contributed by atoms with Gasteiger partial charge in [0.25, 0.3) is 11.6 Å². The van der Waals surface area contributed by atoms with E-state index >= 15 is 0 Å². The van der Waals surface area contributed by atoms with E-state index in [2.05, 4.69) is 21.8 Å². The van der Waals surface area contributed by atoms with E-state index in [1.54, 1.807) is 12.3 Å². The van der Waals surface area contributed by atoms with Crippen LogP contribution in [0.3, 0.4) is 0 Å². The molecule has 0 saturated heterocycles. The average Bonchev–Trinajstić information content (AvgIpc) is 3.25. The summed E-state index contributed by atoms with van der Waals surface area (Å²) in [5, 5.41) is 15.5. The zero-order chi connectivity index (χ0) is 19.0. The Labute approximate surface area is 154 Å². The zero-order valence-corrected chi connectivity index (χ0v) is 14.7. The predicted molar refractivity (Wildman–Crippen MR) is 105 cm³/mol. The summed E-state index contributed by atoms with van der Waals surface area (Å²) in [5.41, 5.74) is 2.81. The quantitative estimate of drug-likeness (QED) is 0.398. The topological polar surface area (TPSA) is 93.0 Å². The highest BCUT2D eigenvalue weighted by molar-refractivity contribution is 6.13. The van der Waals surface area contributed by atoms with E-state index in [1.807, 2.05) is 30.5 Å². The first kappa shape index (κ1) is 16.8. The molecular weight excluding hydrogens is 344 g/mol. The van der Waals surface area contributed by atoms with Gasteiger partial charge in [-0.25, -0.2) is 0 Å². The summed E-state index contributed by atoms with van der Waals surface area (Å²) in [5.74, 6) is -0.311. The molecule has 0 radical (unpaired) electrons. The van der Waals surface area contributed by atoms with Crippen molar-refractivity contribution in [1.82, 2.24) is 9.55 Å². The van der Waals surface area contributed by atoms with Gasteiger partial charge in [0, 0.05) is 58.6 Å². The fraction of sp³-hybridized carbons (Fsp3) is 0.150. The van der Waals surface area contributed by atoms with E-state index < -0.39 is 4.92 Å². The molecule has 0 aliphatic rings. The number of rotatable bonds is 5. The molecule has 7 nitrogen and oxygen atoms in total. The second-order valence-corrected chi connectivity index (χ2v) is 6.43. The van der Waals surface area contributed by atoms with Gasteiger partial charge in [0.05, 0.1) is 10.5 Å². The minimum atomic E-state index is -0.469. The van der Waals surface area contributed by atoms with Gasteiger partial charge >= 0.3 is 0 Å². The number of hydrogen-bond donors (Lipinski definition) is 2. The highest BCUT2D eigenvalue weighted by Gasteiger charge is 2.16. The van der Waals surface area contributed by atoms with Crippen molar-refractivity contribution in [3.05, 3.63) is 70.5 Å². The molecule has 0 fully saturated rings. The Hall–Kier alpha value is -3.61. The Morgan fingerprint density at radius 1 is 1.22 bits per heavy atom. The van der Waals surface area contributed by atoms with E-state index in [9.17, 15) is 14.9 Å². The highest BCUT2D eigenvalue weighted by Crippen LogP contribution is 2.25. The molecule has 2 N–H and O–H groups in total. The standard InChI is InChI=1S/C20H18N4O3/c1-2-8-23-9-7-13-10-14(3-6-19(13)23)22-20(25)17-12-21-18-5-4-15(24(26)27)11-16(17)18/h3-7,9-12,21H,2,8H2,1H3,(H,22,25). The smallest absolute Gasteiger partial charge is 0.270 e. The fourth-order valence-electron chi connectivity index (χ4n) is 3.32. The minimum absolute atomic E-state index is 0.0465. The van der Waals surface area contributed by atoms with E-state index in [4.69, 9.17) is 0 Å².